The first-order chi connectivity index (χ1) is 12.4. The van der Waals surface area contributed by atoms with Crippen molar-refractivity contribution >= 4 is 5.96 Å². The molecule has 0 saturated heterocycles. The van der Waals surface area contributed by atoms with Gasteiger partial charge in [0.2, 0.25) is 5.89 Å². The maximum absolute atomic E-state index is 10.7. The number of nitrogens with zero attached hydrogens (tertiary/aromatic N) is 3. The van der Waals surface area contributed by atoms with E-state index in [1.165, 1.54) is 0 Å². The minimum Gasteiger partial charge on any atom is -0.384 e. The van der Waals surface area contributed by atoms with Gasteiger partial charge in [0.25, 0.3) is 0 Å². The molecule has 3 N–H and O–H groups in total. The minimum absolute atomic E-state index is 0.250. The Morgan fingerprint density at radius 2 is 2.00 bits per heavy atom. The number of aliphatic imine (C=N–C) groups is 1. The van der Waals surface area contributed by atoms with E-state index in [0.717, 1.165) is 17.9 Å². The summed E-state index contributed by atoms with van der Waals surface area (Å²) in [7, 11) is 0. The molecule has 0 spiro atoms. The van der Waals surface area contributed by atoms with Crippen molar-refractivity contribution in [3.8, 4) is 0 Å². The van der Waals surface area contributed by atoms with Gasteiger partial charge in [-0.05, 0) is 19.4 Å². The molecular formula is C19H29N5O2. The van der Waals surface area contributed by atoms with Crippen molar-refractivity contribution in [1.29, 1.82) is 0 Å². The van der Waals surface area contributed by atoms with E-state index in [-0.39, 0.29) is 12.5 Å². The Kier molecular flexibility index (Phi) is 7.15. The van der Waals surface area contributed by atoms with Crippen LogP contribution in [0.2, 0.25) is 0 Å². The van der Waals surface area contributed by atoms with E-state index in [1.54, 1.807) is 6.92 Å². The van der Waals surface area contributed by atoms with Gasteiger partial charge in [-0.2, -0.15) is 4.98 Å². The summed E-state index contributed by atoms with van der Waals surface area (Å²) in [4.78, 5) is 8.86. The van der Waals surface area contributed by atoms with Crippen molar-refractivity contribution in [3.63, 3.8) is 0 Å². The molecule has 0 aliphatic rings. The number of hydrogen-bond acceptors (Lipinski definition) is 5. The SMILES string of the molecule is CCNC(=NCC(C)(O)c1ccccc1)NCCc1nc(C(C)C)no1. The van der Waals surface area contributed by atoms with Gasteiger partial charge in [-0.15, -0.1) is 0 Å². The van der Waals surface area contributed by atoms with Crippen LogP contribution in [0.15, 0.2) is 39.8 Å². The topological polar surface area (TPSA) is 95.6 Å². The molecule has 0 aliphatic carbocycles. The molecule has 0 bridgehead atoms. The van der Waals surface area contributed by atoms with Gasteiger partial charge in [0, 0.05) is 25.4 Å². The van der Waals surface area contributed by atoms with Gasteiger partial charge in [-0.25, -0.2) is 4.99 Å². The minimum atomic E-state index is -1.03. The number of aliphatic hydroxyl groups is 1. The maximum atomic E-state index is 10.7. The van der Waals surface area contributed by atoms with Crippen molar-refractivity contribution in [2.45, 2.75) is 45.6 Å². The summed E-state index contributed by atoms with van der Waals surface area (Å²) >= 11 is 0. The van der Waals surface area contributed by atoms with Crippen molar-refractivity contribution in [2.75, 3.05) is 19.6 Å². The number of hydrogen-bond donors (Lipinski definition) is 3. The third-order valence-electron chi connectivity index (χ3n) is 3.92. The van der Waals surface area contributed by atoms with Crippen molar-refractivity contribution in [2.24, 2.45) is 4.99 Å². The lowest BCUT2D eigenvalue weighted by Crippen LogP contribution is -2.39. The Hall–Kier alpha value is -2.41. The molecule has 26 heavy (non-hydrogen) atoms. The Morgan fingerprint density at radius 3 is 2.62 bits per heavy atom. The molecule has 0 radical (unpaired) electrons. The second-order valence-electron chi connectivity index (χ2n) is 6.71. The maximum Gasteiger partial charge on any atom is 0.228 e. The van der Waals surface area contributed by atoms with Crippen LogP contribution in [0.3, 0.4) is 0 Å². The van der Waals surface area contributed by atoms with E-state index in [9.17, 15) is 5.11 Å². The molecule has 7 nitrogen and oxygen atoms in total. The number of rotatable bonds is 8. The van der Waals surface area contributed by atoms with E-state index in [4.69, 9.17) is 4.52 Å². The molecule has 1 aromatic heterocycles. The third kappa shape index (κ3) is 5.84. The molecule has 2 rings (SSSR count). The third-order valence-corrected chi connectivity index (χ3v) is 3.92. The van der Waals surface area contributed by atoms with Gasteiger partial charge in [-0.3, -0.25) is 0 Å². The zero-order chi connectivity index (χ0) is 19.0. The van der Waals surface area contributed by atoms with E-state index in [2.05, 4.69) is 25.8 Å². The van der Waals surface area contributed by atoms with Crippen LogP contribution in [0, 0.1) is 0 Å². The summed E-state index contributed by atoms with van der Waals surface area (Å²) in [5, 5.41) is 21.0. The molecule has 7 heteroatoms. The fourth-order valence-corrected chi connectivity index (χ4v) is 2.36. The molecule has 0 saturated carbocycles. The average molecular weight is 359 g/mol. The van der Waals surface area contributed by atoms with E-state index >= 15 is 0 Å². The molecule has 0 amide bonds. The monoisotopic (exact) mass is 359 g/mol. The van der Waals surface area contributed by atoms with Gasteiger partial charge in [0.15, 0.2) is 11.8 Å². The summed E-state index contributed by atoms with van der Waals surface area (Å²) in [6.07, 6.45) is 0.610. The highest BCUT2D eigenvalue weighted by atomic mass is 16.5. The molecule has 0 fully saturated rings. The second kappa shape index (κ2) is 9.33. The summed E-state index contributed by atoms with van der Waals surface area (Å²) in [6, 6.07) is 9.55. The number of guanidine groups is 1. The summed E-state index contributed by atoms with van der Waals surface area (Å²) in [5.74, 6) is 2.22. The van der Waals surface area contributed by atoms with Crippen LogP contribution in [0.4, 0.5) is 0 Å². The molecule has 142 valence electrons. The van der Waals surface area contributed by atoms with Crippen LogP contribution in [0.5, 0.6) is 0 Å². The smallest absolute Gasteiger partial charge is 0.228 e. The first kappa shape index (κ1) is 19.9. The molecule has 1 atom stereocenters. The lowest BCUT2D eigenvalue weighted by Gasteiger charge is -2.22. The van der Waals surface area contributed by atoms with Crippen molar-refractivity contribution in [3.05, 3.63) is 47.6 Å². The van der Waals surface area contributed by atoms with Gasteiger partial charge in [0.1, 0.15) is 5.60 Å². The highest BCUT2D eigenvalue weighted by molar-refractivity contribution is 5.79. The van der Waals surface area contributed by atoms with Gasteiger partial charge < -0.3 is 20.3 Å². The fourth-order valence-electron chi connectivity index (χ4n) is 2.36. The Labute approximate surface area is 154 Å². The van der Waals surface area contributed by atoms with Crippen LogP contribution < -0.4 is 10.6 Å². The lowest BCUT2D eigenvalue weighted by atomic mass is 9.96. The normalized spacial score (nSPS) is 14.3. The average Bonchev–Trinajstić information content (AvgIpc) is 3.10. The number of nitrogens with one attached hydrogen (secondary N) is 2. The number of benzene rings is 1. The van der Waals surface area contributed by atoms with E-state index < -0.39 is 5.60 Å². The zero-order valence-corrected chi connectivity index (χ0v) is 16.0. The highest BCUT2D eigenvalue weighted by Gasteiger charge is 2.22. The molecule has 0 aliphatic heterocycles. The van der Waals surface area contributed by atoms with Gasteiger partial charge >= 0.3 is 0 Å². The Bertz CT molecular complexity index is 695. The zero-order valence-electron chi connectivity index (χ0n) is 16.0. The summed E-state index contributed by atoms with van der Waals surface area (Å²) in [6.45, 7) is 9.42. The Morgan fingerprint density at radius 1 is 1.27 bits per heavy atom. The quantitative estimate of drug-likeness (QED) is 0.494. The van der Waals surface area contributed by atoms with Crippen LogP contribution in [0.1, 0.15) is 50.9 Å². The number of aromatic nitrogens is 2. The first-order valence-electron chi connectivity index (χ1n) is 9.05. The molecule has 1 unspecified atom stereocenters. The second-order valence-corrected chi connectivity index (χ2v) is 6.71. The molecule has 1 heterocycles. The molecular weight excluding hydrogens is 330 g/mol. The first-order valence-corrected chi connectivity index (χ1v) is 9.05. The lowest BCUT2D eigenvalue weighted by molar-refractivity contribution is 0.0672. The Balaban J connectivity index is 1.91. The predicted molar refractivity (Wildman–Crippen MR) is 102 cm³/mol. The van der Waals surface area contributed by atoms with Gasteiger partial charge in [0.05, 0.1) is 6.54 Å². The largest absolute Gasteiger partial charge is 0.384 e. The van der Waals surface area contributed by atoms with Crippen LogP contribution >= 0.6 is 0 Å². The van der Waals surface area contributed by atoms with Crippen LogP contribution in [-0.4, -0.2) is 40.8 Å². The summed E-state index contributed by atoms with van der Waals surface area (Å²) < 4.78 is 5.24. The van der Waals surface area contributed by atoms with Crippen molar-refractivity contribution in [1.82, 2.24) is 20.8 Å². The van der Waals surface area contributed by atoms with Crippen LogP contribution in [0.25, 0.3) is 0 Å². The standard InChI is InChI=1S/C19H29N5O2/c1-5-20-18(21-12-11-16-23-17(14(2)3)24-26-16)22-13-19(4,25)15-9-7-6-8-10-15/h6-10,14,25H,5,11-13H2,1-4H3,(H2,20,21,22). The molecule has 1 aromatic carbocycles. The molecule has 2 aromatic rings. The van der Waals surface area contributed by atoms with Gasteiger partial charge in [-0.1, -0.05) is 49.3 Å². The van der Waals surface area contributed by atoms with E-state index in [1.807, 2.05) is 51.1 Å². The highest BCUT2D eigenvalue weighted by Crippen LogP contribution is 2.20. The van der Waals surface area contributed by atoms with Crippen molar-refractivity contribution < 1.29 is 9.63 Å². The van der Waals surface area contributed by atoms with Crippen LogP contribution in [-0.2, 0) is 12.0 Å². The summed E-state index contributed by atoms with van der Waals surface area (Å²) in [5.41, 5.74) is -0.186. The fraction of sp³-hybridized carbons (Fsp3) is 0.526. The predicted octanol–water partition coefficient (Wildman–Crippen LogP) is 2.20. The van der Waals surface area contributed by atoms with E-state index in [0.29, 0.717) is 24.8 Å².